The maximum atomic E-state index is 12.3. The van der Waals surface area contributed by atoms with Crippen molar-refractivity contribution in [2.75, 3.05) is 18.9 Å². The smallest absolute Gasteiger partial charge is 0.239 e. The molecule has 1 heterocycles. The Hall–Kier alpha value is -1.38. The number of thiophene rings is 1. The zero-order valence-corrected chi connectivity index (χ0v) is 14.1. The van der Waals surface area contributed by atoms with Crippen molar-refractivity contribution >= 4 is 22.2 Å². The Morgan fingerprint density at radius 1 is 1.45 bits per heavy atom. The van der Waals surface area contributed by atoms with E-state index in [1.807, 2.05) is 7.05 Å². The molecule has 1 aromatic heterocycles. The lowest BCUT2D eigenvalue weighted by molar-refractivity contribution is -0.117. The normalized spacial score (nSPS) is 18.6. The fourth-order valence-corrected chi connectivity index (χ4v) is 4.50. The minimum absolute atomic E-state index is 0.00917. The predicted molar refractivity (Wildman–Crippen MR) is 89.1 cm³/mol. The summed E-state index contributed by atoms with van der Waals surface area (Å²) in [4.78, 5) is 15.7. The standard InChI is InChI=1S/C17H23N3OS/c1-11(12-7-8-12)20(2)10-16(21)19-17-14(9-18)13-5-3-4-6-15(13)22-17/h11-12H,3-8,10H2,1-2H3,(H,19,21). The van der Waals surface area contributed by atoms with Crippen molar-refractivity contribution < 1.29 is 4.79 Å². The van der Waals surface area contributed by atoms with Gasteiger partial charge in [-0.1, -0.05) is 0 Å². The summed E-state index contributed by atoms with van der Waals surface area (Å²) >= 11 is 1.60. The number of nitriles is 1. The third-order valence-corrected chi connectivity index (χ3v) is 6.14. The maximum absolute atomic E-state index is 12.3. The SMILES string of the molecule is CC(C1CC1)N(C)CC(=O)Nc1sc2c(c1C#N)CCCC2. The lowest BCUT2D eigenvalue weighted by Gasteiger charge is -2.23. The third-order valence-electron chi connectivity index (χ3n) is 4.93. The molecule has 2 aliphatic rings. The Labute approximate surface area is 136 Å². The zero-order valence-electron chi connectivity index (χ0n) is 13.3. The highest BCUT2D eigenvalue weighted by Crippen LogP contribution is 2.38. The highest BCUT2D eigenvalue weighted by Gasteiger charge is 2.31. The second-order valence-electron chi connectivity index (χ2n) is 6.57. The van der Waals surface area contributed by atoms with E-state index in [0.717, 1.165) is 30.2 Å². The van der Waals surface area contributed by atoms with Crippen LogP contribution in [0, 0.1) is 17.2 Å². The van der Waals surface area contributed by atoms with Gasteiger partial charge in [0.2, 0.25) is 5.91 Å². The van der Waals surface area contributed by atoms with Crippen molar-refractivity contribution in [3.8, 4) is 6.07 Å². The van der Waals surface area contributed by atoms with E-state index in [2.05, 4.69) is 23.2 Å². The topological polar surface area (TPSA) is 56.1 Å². The second kappa shape index (κ2) is 6.39. The lowest BCUT2D eigenvalue weighted by atomic mass is 9.96. The molecule has 0 aromatic carbocycles. The average molecular weight is 317 g/mol. The van der Waals surface area contributed by atoms with Crippen LogP contribution in [0.2, 0.25) is 0 Å². The van der Waals surface area contributed by atoms with Crippen LogP contribution in [0.4, 0.5) is 5.00 Å². The molecule has 2 aliphatic carbocycles. The molecular formula is C17H23N3OS. The van der Waals surface area contributed by atoms with Crippen LogP contribution in [0.15, 0.2) is 0 Å². The van der Waals surface area contributed by atoms with Crippen molar-refractivity contribution in [3.05, 3.63) is 16.0 Å². The van der Waals surface area contributed by atoms with Gasteiger partial charge in [0.1, 0.15) is 11.1 Å². The van der Waals surface area contributed by atoms with Crippen LogP contribution >= 0.6 is 11.3 Å². The largest absolute Gasteiger partial charge is 0.315 e. The number of aryl methyl sites for hydroxylation is 1. The van der Waals surface area contributed by atoms with Crippen molar-refractivity contribution in [2.45, 2.75) is 51.5 Å². The molecule has 1 unspecified atom stereocenters. The molecule has 0 spiro atoms. The van der Waals surface area contributed by atoms with E-state index in [1.165, 1.54) is 29.7 Å². The molecule has 1 amide bonds. The minimum Gasteiger partial charge on any atom is -0.315 e. The van der Waals surface area contributed by atoms with Crippen LogP contribution in [0.5, 0.6) is 0 Å². The van der Waals surface area contributed by atoms with E-state index in [4.69, 9.17) is 0 Å². The summed E-state index contributed by atoms with van der Waals surface area (Å²) in [7, 11) is 2.01. The van der Waals surface area contributed by atoms with Crippen LogP contribution in [0.3, 0.4) is 0 Å². The Balaban J connectivity index is 1.66. The van der Waals surface area contributed by atoms with Gasteiger partial charge >= 0.3 is 0 Å². The quantitative estimate of drug-likeness (QED) is 0.907. The van der Waals surface area contributed by atoms with Crippen molar-refractivity contribution in [2.24, 2.45) is 5.92 Å². The highest BCUT2D eigenvalue weighted by atomic mass is 32.1. The predicted octanol–water partition coefficient (Wildman–Crippen LogP) is 3.17. The summed E-state index contributed by atoms with van der Waals surface area (Å²) < 4.78 is 0. The monoisotopic (exact) mass is 317 g/mol. The Morgan fingerprint density at radius 2 is 2.18 bits per heavy atom. The second-order valence-corrected chi connectivity index (χ2v) is 7.67. The number of fused-ring (bicyclic) bond motifs is 1. The van der Waals surface area contributed by atoms with Gasteiger partial charge < -0.3 is 5.32 Å². The molecule has 3 rings (SSSR count). The van der Waals surface area contributed by atoms with Crippen LogP contribution < -0.4 is 5.32 Å². The molecule has 1 N–H and O–H groups in total. The summed E-state index contributed by atoms with van der Waals surface area (Å²) in [5, 5.41) is 13.2. The average Bonchev–Trinajstić information content (AvgIpc) is 3.28. The summed E-state index contributed by atoms with van der Waals surface area (Å²) in [6, 6.07) is 2.75. The Bertz CT molecular complexity index is 612. The number of hydrogen-bond acceptors (Lipinski definition) is 4. The van der Waals surface area contributed by atoms with E-state index in [0.29, 0.717) is 18.2 Å². The third kappa shape index (κ3) is 3.18. The van der Waals surface area contributed by atoms with Gasteiger partial charge in [0, 0.05) is 10.9 Å². The van der Waals surface area contributed by atoms with Gasteiger partial charge in [0.25, 0.3) is 0 Å². The van der Waals surface area contributed by atoms with Crippen molar-refractivity contribution in [3.63, 3.8) is 0 Å². The maximum Gasteiger partial charge on any atom is 0.239 e. The van der Waals surface area contributed by atoms with E-state index in [9.17, 15) is 10.1 Å². The number of hydrogen-bond donors (Lipinski definition) is 1. The van der Waals surface area contributed by atoms with Gasteiger partial charge in [-0.05, 0) is 64.0 Å². The molecule has 0 bridgehead atoms. The number of amides is 1. The van der Waals surface area contributed by atoms with E-state index >= 15 is 0 Å². The summed E-state index contributed by atoms with van der Waals surface area (Å²) in [6.07, 6.45) is 6.92. The summed E-state index contributed by atoms with van der Waals surface area (Å²) in [5.41, 5.74) is 1.87. The van der Waals surface area contributed by atoms with E-state index in [-0.39, 0.29) is 5.91 Å². The number of carbonyl (C=O) groups is 1. The van der Waals surface area contributed by atoms with E-state index < -0.39 is 0 Å². The first-order valence-electron chi connectivity index (χ1n) is 8.15. The van der Waals surface area contributed by atoms with Gasteiger partial charge in [0.05, 0.1) is 12.1 Å². The molecule has 22 heavy (non-hydrogen) atoms. The molecule has 0 aliphatic heterocycles. The molecule has 118 valence electrons. The number of nitrogens with one attached hydrogen (secondary N) is 1. The fraction of sp³-hybridized carbons (Fsp3) is 0.647. The fourth-order valence-electron chi connectivity index (χ4n) is 3.25. The van der Waals surface area contributed by atoms with Crippen LogP contribution in [-0.2, 0) is 17.6 Å². The van der Waals surface area contributed by atoms with Gasteiger partial charge in [0.15, 0.2) is 0 Å². The summed E-state index contributed by atoms with van der Waals surface area (Å²) in [5.74, 6) is 0.742. The van der Waals surface area contributed by atoms with Crippen LogP contribution in [-0.4, -0.2) is 30.4 Å². The van der Waals surface area contributed by atoms with Crippen molar-refractivity contribution in [1.29, 1.82) is 5.26 Å². The van der Waals surface area contributed by atoms with E-state index in [1.54, 1.807) is 11.3 Å². The highest BCUT2D eigenvalue weighted by molar-refractivity contribution is 7.16. The van der Waals surface area contributed by atoms with Gasteiger partial charge in [-0.3, -0.25) is 9.69 Å². The molecule has 1 atom stereocenters. The zero-order chi connectivity index (χ0) is 15.7. The first kappa shape index (κ1) is 15.5. The minimum atomic E-state index is -0.00917. The lowest BCUT2D eigenvalue weighted by Crippen LogP contribution is -2.37. The molecule has 1 fully saturated rings. The molecule has 1 saturated carbocycles. The first-order chi connectivity index (χ1) is 10.6. The number of carbonyl (C=O) groups excluding carboxylic acids is 1. The number of nitrogens with zero attached hydrogens (tertiary/aromatic N) is 2. The molecule has 5 heteroatoms. The number of anilines is 1. The van der Waals surface area contributed by atoms with Gasteiger partial charge in [-0.15, -0.1) is 11.3 Å². The number of likely N-dealkylation sites (N-methyl/N-ethyl adjacent to an activating group) is 1. The van der Waals surface area contributed by atoms with Gasteiger partial charge in [-0.2, -0.15) is 5.26 Å². The number of rotatable bonds is 5. The molecular weight excluding hydrogens is 294 g/mol. The molecule has 4 nitrogen and oxygen atoms in total. The molecule has 0 saturated heterocycles. The summed E-state index contributed by atoms with van der Waals surface area (Å²) in [6.45, 7) is 2.58. The van der Waals surface area contributed by atoms with Gasteiger partial charge in [-0.25, -0.2) is 0 Å². The molecule has 0 radical (unpaired) electrons. The molecule has 1 aromatic rings. The Kier molecular flexibility index (Phi) is 4.51. The first-order valence-corrected chi connectivity index (χ1v) is 8.96. The Morgan fingerprint density at radius 3 is 2.86 bits per heavy atom. The van der Waals surface area contributed by atoms with Crippen molar-refractivity contribution in [1.82, 2.24) is 4.90 Å². The van der Waals surface area contributed by atoms with Crippen LogP contribution in [0.1, 0.15) is 48.6 Å². The van der Waals surface area contributed by atoms with Crippen LogP contribution in [0.25, 0.3) is 0 Å².